The van der Waals surface area contributed by atoms with Gasteiger partial charge in [0.15, 0.2) is 0 Å². The molecule has 1 atom stereocenters. The Balaban J connectivity index is 1.68. The quantitative estimate of drug-likeness (QED) is 0.740. The fourth-order valence-corrected chi connectivity index (χ4v) is 3.19. The number of nitrogens with two attached hydrogens (primary N) is 1. The Morgan fingerprint density at radius 1 is 1.24 bits per heavy atom. The second kappa shape index (κ2) is 6.98. The van der Waals surface area contributed by atoms with E-state index in [1.807, 2.05) is 11.8 Å². The topological polar surface area (TPSA) is 32.5 Å². The van der Waals surface area contributed by atoms with E-state index in [0.29, 0.717) is 6.04 Å². The third-order valence-corrected chi connectivity index (χ3v) is 4.71. The van der Waals surface area contributed by atoms with Crippen molar-refractivity contribution in [1.29, 1.82) is 0 Å². The van der Waals surface area contributed by atoms with E-state index in [2.05, 4.69) is 16.1 Å². The molecule has 1 heterocycles. The van der Waals surface area contributed by atoms with Crippen molar-refractivity contribution in [1.82, 2.24) is 9.80 Å². The Kier molecular flexibility index (Phi) is 5.60. The molecule has 1 saturated heterocycles. The summed E-state index contributed by atoms with van der Waals surface area (Å²) in [4.78, 5) is 5.26. The number of hydrogen-bond donors (Lipinski definition) is 1. The van der Waals surface area contributed by atoms with Crippen LogP contribution in [0.5, 0.6) is 0 Å². The van der Waals surface area contributed by atoms with Gasteiger partial charge in [-0.05, 0) is 37.2 Å². The molecular weight excluding hydrogens is 230 g/mol. The van der Waals surface area contributed by atoms with Crippen molar-refractivity contribution in [3.63, 3.8) is 0 Å². The molecule has 100 valence electrons. The maximum absolute atomic E-state index is 5.91. The Morgan fingerprint density at radius 2 is 1.94 bits per heavy atom. The minimum atomic E-state index is 0.616. The number of rotatable bonds is 7. The van der Waals surface area contributed by atoms with Crippen LogP contribution < -0.4 is 5.73 Å². The fraction of sp³-hybridized carbons (Fsp3) is 1.00. The van der Waals surface area contributed by atoms with Gasteiger partial charge in [-0.1, -0.05) is 0 Å². The summed E-state index contributed by atoms with van der Waals surface area (Å²) in [6.45, 7) is 7.14. The first-order valence-corrected chi connectivity index (χ1v) is 8.38. The molecule has 0 amide bonds. The van der Waals surface area contributed by atoms with Gasteiger partial charge in [0.25, 0.3) is 0 Å². The molecule has 0 aromatic rings. The molecule has 0 aromatic carbocycles. The molecule has 1 aliphatic carbocycles. The van der Waals surface area contributed by atoms with Gasteiger partial charge < -0.3 is 10.6 Å². The molecule has 2 aliphatic rings. The SMILES string of the molecule is CSCCC(CN)N1CCN(CC2CC2)CC1. The van der Waals surface area contributed by atoms with Crippen LogP contribution in [0.3, 0.4) is 0 Å². The second-order valence-corrected chi connectivity index (χ2v) is 6.44. The summed E-state index contributed by atoms with van der Waals surface area (Å²) in [6.07, 6.45) is 6.38. The van der Waals surface area contributed by atoms with Gasteiger partial charge in [-0.2, -0.15) is 11.8 Å². The van der Waals surface area contributed by atoms with Gasteiger partial charge in [0.1, 0.15) is 0 Å². The summed E-state index contributed by atoms with van der Waals surface area (Å²) in [5, 5.41) is 0. The van der Waals surface area contributed by atoms with Gasteiger partial charge in [-0.25, -0.2) is 0 Å². The molecule has 0 bridgehead atoms. The molecule has 1 aliphatic heterocycles. The van der Waals surface area contributed by atoms with E-state index in [0.717, 1.165) is 12.5 Å². The van der Waals surface area contributed by atoms with E-state index < -0.39 is 0 Å². The van der Waals surface area contributed by atoms with Crippen LogP contribution in [0, 0.1) is 5.92 Å². The number of piperazine rings is 1. The Hall–Kier alpha value is 0.230. The van der Waals surface area contributed by atoms with Crippen molar-refractivity contribution in [2.45, 2.75) is 25.3 Å². The normalized spacial score (nSPS) is 25.1. The average molecular weight is 257 g/mol. The van der Waals surface area contributed by atoms with Crippen LogP contribution in [0.15, 0.2) is 0 Å². The lowest BCUT2D eigenvalue weighted by Gasteiger charge is -2.39. The van der Waals surface area contributed by atoms with Crippen molar-refractivity contribution in [3.8, 4) is 0 Å². The van der Waals surface area contributed by atoms with E-state index >= 15 is 0 Å². The van der Waals surface area contributed by atoms with Crippen LogP contribution in [-0.4, -0.2) is 67.1 Å². The van der Waals surface area contributed by atoms with E-state index in [-0.39, 0.29) is 0 Å². The molecule has 2 rings (SSSR count). The van der Waals surface area contributed by atoms with Crippen LogP contribution >= 0.6 is 11.8 Å². The predicted octanol–water partition coefficient (Wildman–Crippen LogP) is 1.09. The highest BCUT2D eigenvalue weighted by atomic mass is 32.2. The van der Waals surface area contributed by atoms with Crippen LogP contribution in [0.25, 0.3) is 0 Å². The standard InChI is InChI=1S/C13H27N3S/c1-17-9-4-13(10-14)16-7-5-15(6-8-16)11-12-2-3-12/h12-13H,2-11,14H2,1H3. The third-order valence-electron chi connectivity index (χ3n) is 4.06. The third kappa shape index (κ3) is 4.43. The fourth-order valence-electron chi connectivity index (χ4n) is 2.68. The second-order valence-electron chi connectivity index (χ2n) is 5.45. The van der Waals surface area contributed by atoms with Gasteiger partial charge in [0.2, 0.25) is 0 Å². The maximum atomic E-state index is 5.91. The van der Waals surface area contributed by atoms with E-state index in [9.17, 15) is 0 Å². The van der Waals surface area contributed by atoms with Gasteiger partial charge >= 0.3 is 0 Å². The van der Waals surface area contributed by atoms with Crippen molar-refractivity contribution in [3.05, 3.63) is 0 Å². The lowest BCUT2D eigenvalue weighted by molar-refractivity contribution is 0.0945. The van der Waals surface area contributed by atoms with Crippen LogP contribution in [0.2, 0.25) is 0 Å². The largest absolute Gasteiger partial charge is 0.329 e. The van der Waals surface area contributed by atoms with E-state index in [1.54, 1.807) is 0 Å². The molecule has 4 heteroatoms. The number of nitrogens with zero attached hydrogens (tertiary/aromatic N) is 2. The Labute approximate surface area is 110 Å². The monoisotopic (exact) mass is 257 g/mol. The zero-order chi connectivity index (χ0) is 12.1. The highest BCUT2D eigenvalue weighted by Crippen LogP contribution is 2.30. The van der Waals surface area contributed by atoms with Crippen LogP contribution in [0.4, 0.5) is 0 Å². The summed E-state index contributed by atoms with van der Waals surface area (Å²) < 4.78 is 0. The molecule has 0 aromatic heterocycles. The summed E-state index contributed by atoms with van der Waals surface area (Å²) >= 11 is 1.93. The predicted molar refractivity (Wildman–Crippen MR) is 76.6 cm³/mol. The molecule has 17 heavy (non-hydrogen) atoms. The summed E-state index contributed by atoms with van der Waals surface area (Å²) in [7, 11) is 0. The molecule has 1 saturated carbocycles. The first-order chi connectivity index (χ1) is 8.33. The minimum Gasteiger partial charge on any atom is -0.329 e. The summed E-state index contributed by atoms with van der Waals surface area (Å²) in [5.41, 5.74) is 5.91. The molecule has 0 spiro atoms. The van der Waals surface area contributed by atoms with Crippen molar-refractivity contribution < 1.29 is 0 Å². The lowest BCUT2D eigenvalue weighted by Crippen LogP contribution is -2.52. The van der Waals surface area contributed by atoms with Crippen LogP contribution in [0.1, 0.15) is 19.3 Å². The molecule has 2 N–H and O–H groups in total. The Bertz CT molecular complexity index is 213. The van der Waals surface area contributed by atoms with Gasteiger partial charge in [0, 0.05) is 45.3 Å². The first-order valence-electron chi connectivity index (χ1n) is 6.99. The first kappa shape index (κ1) is 13.7. The maximum Gasteiger partial charge on any atom is 0.0227 e. The number of hydrogen-bond acceptors (Lipinski definition) is 4. The molecular formula is C13H27N3S. The molecule has 3 nitrogen and oxygen atoms in total. The molecule has 1 unspecified atom stereocenters. The smallest absolute Gasteiger partial charge is 0.0227 e. The van der Waals surface area contributed by atoms with Crippen molar-refractivity contribution in [2.24, 2.45) is 11.7 Å². The molecule has 2 fully saturated rings. The van der Waals surface area contributed by atoms with Gasteiger partial charge in [-0.15, -0.1) is 0 Å². The number of thioether (sulfide) groups is 1. The zero-order valence-corrected chi connectivity index (χ0v) is 11.9. The zero-order valence-electron chi connectivity index (χ0n) is 11.1. The summed E-state index contributed by atoms with van der Waals surface area (Å²) in [5.74, 6) is 2.27. The van der Waals surface area contributed by atoms with Crippen LogP contribution in [-0.2, 0) is 0 Å². The van der Waals surface area contributed by atoms with Gasteiger partial charge in [0.05, 0.1) is 0 Å². The van der Waals surface area contributed by atoms with Crippen molar-refractivity contribution >= 4 is 11.8 Å². The van der Waals surface area contributed by atoms with E-state index in [1.165, 1.54) is 57.7 Å². The van der Waals surface area contributed by atoms with E-state index in [4.69, 9.17) is 5.73 Å². The summed E-state index contributed by atoms with van der Waals surface area (Å²) in [6, 6.07) is 0.616. The highest BCUT2D eigenvalue weighted by molar-refractivity contribution is 7.98. The average Bonchev–Trinajstić information content (AvgIpc) is 3.16. The lowest BCUT2D eigenvalue weighted by atomic mass is 10.1. The van der Waals surface area contributed by atoms with Gasteiger partial charge in [-0.3, -0.25) is 4.90 Å². The molecule has 0 radical (unpaired) electrons. The Morgan fingerprint density at radius 3 is 2.47 bits per heavy atom. The van der Waals surface area contributed by atoms with Crippen molar-refractivity contribution in [2.75, 3.05) is 51.3 Å². The minimum absolute atomic E-state index is 0.616. The highest BCUT2D eigenvalue weighted by Gasteiger charge is 2.27.